The van der Waals surface area contributed by atoms with Crippen LogP contribution in [0.2, 0.25) is 0 Å². The number of pyridine rings is 1. The number of amides is 1. The summed E-state index contributed by atoms with van der Waals surface area (Å²) in [4.78, 5) is 16.1. The smallest absolute Gasteiger partial charge is 0.222 e. The van der Waals surface area contributed by atoms with Crippen molar-refractivity contribution in [3.05, 3.63) is 60.3 Å². The van der Waals surface area contributed by atoms with Crippen LogP contribution in [0.5, 0.6) is 0 Å². The molecule has 0 aliphatic carbocycles. The number of aromatic nitrogens is 3. The normalized spacial score (nSPS) is 11.1. The molecule has 5 nitrogen and oxygen atoms in total. The molecule has 0 unspecified atom stereocenters. The van der Waals surface area contributed by atoms with Crippen LogP contribution < -0.4 is 5.32 Å². The Morgan fingerprint density at radius 2 is 1.92 bits per heavy atom. The van der Waals surface area contributed by atoms with Gasteiger partial charge in [0.15, 0.2) is 5.82 Å². The number of rotatable bonds is 2. The van der Waals surface area contributed by atoms with Gasteiger partial charge in [-0.1, -0.05) is 30.3 Å². The van der Waals surface area contributed by atoms with Crippen molar-refractivity contribution in [2.45, 2.75) is 13.8 Å². The van der Waals surface area contributed by atoms with Crippen LogP contribution in [0, 0.1) is 6.92 Å². The summed E-state index contributed by atoms with van der Waals surface area (Å²) in [7, 11) is 0. The summed E-state index contributed by atoms with van der Waals surface area (Å²) in [5.74, 6) is 0.326. The molecule has 1 amide bonds. The van der Waals surface area contributed by atoms with Crippen molar-refractivity contribution in [1.82, 2.24) is 14.8 Å². The van der Waals surface area contributed by atoms with Crippen LogP contribution in [0.1, 0.15) is 12.5 Å². The van der Waals surface area contributed by atoms with Gasteiger partial charge >= 0.3 is 0 Å². The molecule has 1 N–H and O–H groups in total. The highest BCUT2D eigenvalue weighted by Crippen LogP contribution is 2.29. The van der Waals surface area contributed by atoms with Crippen molar-refractivity contribution >= 4 is 33.5 Å². The van der Waals surface area contributed by atoms with Gasteiger partial charge in [0, 0.05) is 23.9 Å². The van der Waals surface area contributed by atoms with E-state index in [9.17, 15) is 4.79 Å². The molecule has 118 valence electrons. The number of nitrogens with zero attached hydrogens (tertiary/aromatic N) is 3. The zero-order valence-corrected chi connectivity index (χ0v) is 13.4. The van der Waals surface area contributed by atoms with E-state index >= 15 is 0 Å². The number of hydrogen-bond acceptors (Lipinski definition) is 3. The van der Waals surface area contributed by atoms with Crippen molar-refractivity contribution in [1.29, 1.82) is 0 Å². The number of fused-ring (bicyclic) bond motifs is 3. The maximum absolute atomic E-state index is 11.5. The lowest BCUT2D eigenvalue weighted by Gasteiger charge is -2.05. The van der Waals surface area contributed by atoms with Crippen LogP contribution in [-0.4, -0.2) is 20.7 Å². The molecule has 2 heterocycles. The number of hydrogen-bond donors (Lipinski definition) is 1. The molecule has 2 aromatic carbocycles. The maximum Gasteiger partial charge on any atom is 0.222 e. The lowest BCUT2D eigenvalue weighted by Crippen LogP contribution is -2.08. The standard InChI is InChI=1S/C19H16N4O/c1-12-6-5-7-14(10-12)23-11-16-15-8-3-4-9-17(15)21-19(18(16)22-23)20-13(2)24/h3-11H,1-2H3,(H,20,21,24). The van der Waals surface area contributed by atoms with Gasteiger partial charge in [0.1, 0.15) is 5.52 Å². The zero-order valence-electron chi connectivity index (χ0n) is 13.4. The third kappa shape index (κ3) is 2.40. The molecule has 0 saturated heterocycles. The molecule has 0 bridgehead atoms. The van der Waals surface area contributed by atoms with Gasteiger partial charge < -0.3 is 5.32 Å². The van der Waals surface area contributed by atoms with Crippen molar-refractivity contribution in [3.63, 3.8) is 0 Å². The second-order valence-corrected chi connectivity index (χ2v) is 5.83. The Labute approximate surface area is 138 Å². The fourth-order valence-electron chi connectivity index (χ4n) is 2.87. The van der Waals surface area contributed by atoms with E-state index in [1.807, 2.05) is 60.3 Å². The molecule has 0 fully saturated rings. The number of aryl methyl sites for hydroxylation is 1. The Morgan fingerprint density at radius 3 is 2.71 bits per heavy atom. The Kier molecular flexibility index (Phi) is 3.27. The number of carbonyl (C=O) groups excluding carboxylic acids is 1. The Bertz CT molecular complexity index is 1080. The van der Waals surface area contributed by atoms with Crippen LogP contribution in [-0.2, 0) is 4.79 Å². The summed E-state index contributed by atoms with van der Waals surface area (Å²) in [6, 6.07) is 16.0. The van der Waals surface area contributed by atoms with Gasteiger partial charge in [0.2, 0.25) is 5.91 Å². The predicted molar refractivity (Wildman–Crippen MR) is 95.4 cm³/mol. The van der Waals surface area contributed by atoms with Gasteiger partial charge in [0.25, 0.3) is 0 Å². The summed E-state index contributed by atoms with van der Waals surface area (Å²) < 4.78 is 1.83. The highest BCUT2D eigenvalue weighted by molar-refractivity contribution is 6.10. The van der Waals surface area contributed by atoms with E-state index < -0.39 is 0 Å². The van der Waals surface area contributed by atoms with Gasteiger partial charge in [-0.25, -0.2) is 9.67 Å². The molecule has 2 aromatic heterocycles. The molecule has 0 atom stereocenters. The van der Waals surface area contributed by atoms with Crippen molar-refractivity contribution in [2.75, 3.05) is 5.32 Å². The molecule has 24 heavy (non-hydrogen) atoms. The molecule has 0 aliphatic heterocycles. The third-order valence-electron chi connectivity index (χ3n) is 3.93. The molecule has 4 aromatic rings. The summed E-state index contributed by atoms with van der Waals surface area (Å²) in [6.45, 7) is 3.52. The third-order valence-corrected chi connectivity index (χ3v) is 3.93. The van der Waals surface area contributed by atoms with Crippen LogP contribution in [0.15, 0.2) is 54.7 Å². The Hall–Kier alpha value is -3.21. The molecule has 0 radical (unpaired) electrons. The first-order chi connectivity index (χ1) is 11.6. The monoisotopic (exact) mass is 316 g/mol. The molecule has 5 heteroatoms. The predicted octanol–water partition coefficient (Wildman–Crippen LogP) is 3.84. The topological polar surface area (TPSA) is 59.8 Å². The van der Waals surface area contributed by atoms with E-state index in [4.69, 9.17) is 0 Å². The summed E-state index contributed by atoms with van der Waals surface area (Å²) in [5, 5.41) is 9.43. The number of nitrogens with one attached hydrogen (secondary N) is 1. The molecule has 0 aliphatic rings. The average molecular weight is 316 g/mol. The number of anilines is 1. The minimum absolute atomic E-state index is 0.163. The van der Waals surface area contributed by atoms with Crippen LogP contribution in [0.3, 0.4) is 0 Å². The van der Waals surface area contributed by atoms with E-state index in [1.165, 1.54) is 6.92 Å². The molecular formula is C19H16N4O. The summed E-state index contributed by atoms with van der Waals surface area (Å²) in [5.41, 5.74) is 3.66. The van der Waals surface area contributed by atoms with Gasteiger partial charge in [-0.2, -0.15) is 5.10 Å². The van der Waals surface area contributed by atoms with Crippen molar-refractivity contribution in [2.24, 2.45) is 0 Å². The highest BCUT2D eigenvalue weighted by atomic mass is 16.1. The van der Waals surface area contributed by atoms with Crippen molar-refractivity contribution in [3.8, 4) is 5.69 Å². The second kappa shape index (κ2) is 5.45. The molecule has 0 spiro atoms. The number of para-hydroxylation sites is 1. The van der Waals surface area contributed by atoms with E-state index in [0.717, 1.165) is 27.5 Å². The first-order valence-electron chi connectivity index (χ1n) is 7.74. The Morgan fingerprint density at radius 1 is 1.08 bits per heavy atom. The molecular weight excluding hydrogens is 300 g/mol. The summed E-state index contributed by atoms with van der Waals surface area (Å²) in [6.07, 6.45) is 1.99. The van der Waals surface area contributed by atoms with Gasteiger partial charge in [0.05, 0.1) is 11.2 Å². The quantitative estimate of drug-likeness (QED) is 0.611. The fraction of sp³-hybridized carbons (Fsp3) is 0.105. The summed E-state index contributed by atoms with van der Waals surface area (Å²) >= 11 is 0. The highest BCUT2D eigenvalue weighted by Gasteiger charge is 2.14. The van der Waals surface area contributed by atoms with E-state index in [0.29, 0.717) is 11.3 Å². The van der Waals surface area contributed by atoms with E-state index in [1.54, 1.807) is 0 Å². The number of benzene rings is 2. The maximum atomic E-state index is 11.5. The van der Waals surface area contributed by atoms with Crippen molar-refractivity contribution < 1.29 is 4.79 Å². The molecule has 4 rings (SSSR count). The fourth-order valence-corrected chi connectivity index (χ4v) is 2.87. The lowest BCUT2D eigenvalue weighted by atomic mass is 10.1. The largest absolute Gasteiger partial charge is 0.309 e. The zero-order chi connectivity index (χ0) is 16.7. The Balaban J connectivity index is 2.03. The minimum atomic E-state index is -0.163. The second-order valence-electron chi connectivity index (χ2n) is 5.83. The van der Waals surface area contributed by atoms with E-state index in [-0.39, 0.29) is 5.91 Å². The van der Waals surface area contributed by atoms with Crippen LogP contribution in [0.4, 0.5) is 5.82 Å². The lowest BCUT2D eigenvalue weighted by molar-refractivity contribution is -0.114. The first-order valence-corrected chi connectivity index (χ1v) is 7.74. The van der Waals surface area contributed by atoms with Gasteiger partial charge in [-0.05, 0) is 30.7 Å². The number of carbonyl (C=O) groups is 1. The van der Waals surface area contributed by atoms with E-state index in [2.05, 4.69) is 21.5 Å². The van der Waals surface area contributed by atoms with Gasteiger partial charge in [-0.3, -0.25) is 4.79 Å². The minimum Gasteiger partial charge on any atom is -0.309 e. The molecule has 0 saturated carbocycles. The first kappa shape index (κ1) is 14.4. The van der Waals surface area contributed by atoms with Gasteiger partial charge in [-0.15, -0.1) is 0 Å². The average Bonchev–Trinajstić information content (AvgIpc) is 3.00. The van der Waals surface area contributed by atoms with Crippen LogP contribution in [0.25, 0.3) is 27.5 Å². The SMILES string of the molecule is CC(=O)Nc1nc2ccccc2c2cn(-c3cccc(C)c3)nc12. The van der Waals surface area contributed by atoms with Crippen LogP contribution >= 0.6 is 0 Å².